The topological polar surface area (TPSA) is 110 Å². The van der Waals surface area contributed by atoms with Gasteiger partial charge in [-0.2, -0.15) is 4.31 Å². The van der Waals surface area contributed by atoms with E-state index in [1.54, 1.807) is 6.07 Å². The van der Waals surface area contributed by atoms with E-state index in [1.165, 1.54) is 36.4 Å². The Balaban J connectivity index is 0.00000361. The van der Waals surface area contributed by atoms with Crippen molar-refractivity contribution in [3.05, 3.63) is 95.3 Å². The smallest absolute Gasteiger partial charge is 0.320 e. The lowest BCUT2D eigenvalue weighted by Gasteiger charge is -2.48. The highest BCUT2D eigenvalue weighted by Gasteiger charge is 2.52. The van der Waals surface area contributed by atoms with Crippen molar-refractivity contribution in [3.63, 3.8) is 0 Å². The van der Waals surface area contributed by atoms with Gasteiger partial charge in [0, 0.05) is 5.56 Å². The van der Waals surface area contributed by atoms with Crippen LogP contribution in [0.1, 0.15) is 11.1 Å². The van der Waals surface area contributed by atoms with Crippen LogP contribution < -0.4 is 10.5 Å². The molecule has 3 aromatic rings. The molecule has 1 aliphatic rings. The Morgan fingerprint density at radius 2 is 1.69 bits per heavy atom. The summed E-state index contributed by atoms with van der Waals surface area (Å²) in [7, 11) is -4.04. The van der Waals surface area contributed by atoms with Crippen molar-refractivity contribution in [1.29, 1.82) is 0 Å². The van der Waals surface area contributed by atoms with Gasteiger partial charge in [0.2, 0.25) is 10.0 Å². The molecule has 192 valence electrons. The average molecular weight is 543 g/mol. The van der Waals surface area contributed by atoms with Crippen LogP contribution in [0, 0.1) is 17.5 Å². The summed E-state index contributed by atoms with van der Waals surface area (Å²) >= 11 is 0. The number of sulfonamides is 1. The van der Waals surface area contributed by atoms with E-state index in [4.69, 9.17) is 15.6 Å². The second-order valence-electron chi connectivity index (χ2n) is 8.25. The van der Waals surface area contributed by atoms with E-state index >= 15 is 0 Å². The third-order valence-electron chi connectivity index (χ3n) is 5.75. The van der Waals surface area contributed by atoms with E-state index < -0.39 is 45.1 Å². The SMILES string of the molecule is Cl.N[C@@H](Cc1cccc(S(=O)(=O)N2CC(Oc3ccc(F)cc3)(c3ccc(F)c(F)c3)C2)c1)C(=O)O. The van der Waals surface area contributed by atoms with E-state index in [2.05, 4.69) is 0 Å². The van der Waals surface area contributed by atoms with Gasteiger partial charge < -0.3 is 15.6 Å². The number of carbonyl (C=O) groups is 1. The van der Waals surface area contributed by atoms with Crippen molar-refractivity contribution in [1.82, 2.24) is 4.31 Å². The van der Waals surface area contributed by atoms with Gasteiger partial charge in [-0.15, -0.1) is 12.4 Å². The molecule has 1 heterocycles. The fraction of sp³-hybridized carbons (Fsp3) is 0.208. The van der Waals surface area contributed by atoms with Crippen molar-refractivity contribution in [3.8, 4) is 5.75 Å². The molecule has 1 fully saturated rings. The number of nitrogens with zero attached hydrogens (tertiary/aromatic N) is 1. The minimum absolute atomic E-state index is 0. The second kappa shape index (κ2) is 10.5. The van der Waals surface area contributed by atoms with Gasteiger partial charge in [-0.1, -0.05) is 18.2 Å². The molecule has 1 atom stereocenters. The number of aliphatic carboxylic acids is 1. The van der Waals surface area contributed by atoms with E-state index in [0.29, 0.717) is 5.56 Å². The van der Waals surface area contributed by atoms with Gasteiger partial charge in [0.1, 0.15) is 17.6 Å². The Hall–Kier alpha value is -3.12. The number of benzene rings is 3. The fourth-order valence-corrected chi connectivity index (χ4v) is 5.44. The van der Waals surface area contributed by atoms with Crippen molar-refractivity contribution < 1.29 is 36.2 Å². The van der Waals surface area contributed by atoms with Gasteiger partial charge in [0.25, 0.3) is 0 Å². The second-order valence-corrected chi connectivity index (χ2v) is 10.2. The lowest BCUT2D eigenvalue weighted by Crippen LogP contribution is -2.64. The van der Waals surface area contributed by atoms with Gasteiger partial charge in [-0.05, 0) is 60.5 Å². The standard InChI is InChI=1S/C24H21F3N2O5S.ClH/c25-17-5-7-18(8-6-17)34-24(16-4-9-20(26)21(27)12-16)13-29(14-24)35(32,33)19-3-1-2-15(10-19)11-22(28)23(30)31;/h1-10,12,22H,11,13-14,28H2,(H,30,31);1H/t22-;/m0./s1. The number of hydrogen-bond acceptors (Lipinski definition) is 5. The molecule has 0 bridgehead atoms. The number of halogens is 4. The number of rotatable bonds is 8. The summed E-state index contributed by atoms with van der Waals surface area (Å²) in [5.74, 6) is -3.67. The molecule has 7 nitrogen and oxygen atoms in total. The molecule has 0 spiro atoms. The molecule has 0 amide bonds. The number of carboxylic acids is 1. The molecule has 4 rings (SSSR count). The first-order chi connectivity index (χ1) is 16.5. The summed E-state index contributed by atoms with van der Waals surface area (Å²) in [4.78, 5) is 11.0. The predicted octanol–water partition coefficient (Wildman–Crippen LogP) is 3.46. The molecule has 36 heavy (non-hydrogen) atoms. The first-order valence-electron chi connectivity index (χ1n) is 10.5. The predicted molar refractivity (Wildman–Crippen MR) is 127 cm³/mol. The highest BCUT2D eigenvalue weighted by atomic mass is 35.5. The average Bonchev–Trinajstić information content (AvgIpc) is 2.79. The highest BCUT2D eigenvalue weighted by Crippen LogP contribution is 2.40. The van der Waals surface area contributed by atoms with E-state index in [9.17, 15) is 26.4 Å². The first kappa shape index (κ1) is 27.5. The fourth-order valence-electron chi connectivity index (χ4n) is 3.83. The van der Waals surface area contributed by atoms with Crippen LogP contribution in [0.25, 0.3) is 0 Å². The van der Waals surface area contributed by atoms with Crippen LogP contribution in [0.2, 0.25) is 0 Å². The normalized spacial score (nSPS) is 15.9. The molecule has 1 aliphatic heterocycles. The minimum Gasteiger partial charge on any atom is -0.480 e. The van der Waals surface area contributed by atoms with Crippen LogP contribution in [-0.4, -0.2) is 42.9 Å². The maximum Gasteiger partial charge on any atom is 0.320 e. The van der Waals surface area contributed by atoms with Gasteiger partial charge in [0.15, 0.2) is 17.2 Å². The number of carboxylic acid groups (broad SMARTS) is 1. The summed E-state index contributed by atoms with van der Waals surface area (Å²) in [6, 6.07) is 12.8. The van der Waals surface area contributed by atoms with Crippen LogP contribution >= 0.6 is 12.4 Å². The molecule has 0 saturated carbocycles. The maximum atomic E-state index is 14.0. The first-order valence-corrected chi connectivity index (χ1v) is 11.9. The molecule has 1 saturated heterocycles. The van der Waals surface area contributed by atoms with E-state index in [-0.39, 0.29) is 48.1 Å². The Morgan fingerprint density at radius 1 is 1.03 bits per heavy atom. The Bertz CT molecular complexity index is 1370. The maximum absolute atomic E-state index is 14.0. The molecule has 0 aliphatic carbocycles. The molecule has 0 unspecified atom stereocenters. The summed E-state index contributed by atoms with van der Waals surface area (Å²) in [6.07, 6.45) is -0.0643. The van der Waals surface area contributed by atoms with Crippen molar-refractivity contribution in [2.75, 3.05) is 13.1 Å². The van der Waals surface area contributed by atoms with Crippen molar-refractivity contribution >= 4 is 28.4 Å². The zero-order valence-corrected chi connectivity index (χ0v) is 20.2. The van der Waals surface area contributed by atoms with E-state index in [1.807, 2.05) is 0 Å². The van der Waals surface area contributed by atoms with Gasteiger partial charge in [-0.3, -0.25) is 4.79 Å². The van der Waals surface area contributed by atoms with Crippen LogP contribution in [0.4, 0.5) is 13.2 Å². The number of nitrogens with two attached hydrogens (primary N) is 1. The molecule has 3 N–H and O–H groups in total. The lowest BCUT2D eigenvalue weighted by atomic mass is 9.87. The summed E-state index contributed by atoms with van der Waals surface area (Å²) < 4.78 is 74.5. The van der Waals surface area contributed by atoms with Gasteiger partial charge >= 0.3 is 5.97 Å². The van der Waals surface area contributed by atoms with Gasteiger partial charge in [-0.25, -0.2) is 21.6 Å². The minimum atomic E-state index is -4.04. The van der Waals surface area contributed by atoms with Crippen molar-refractivity contribution in [2.45, 2.75) is 23.0 Å². The van der Waals surface area contributed by atoms with Crippen LogP contribution in [0.5, 0.6) is 5.75 Å². The zero-order chi connectivity index (χ0) is 25.4. The van der Waals surface area contributed by atoms with E-state index in [0.717, 1.165) is 28.6 Å². The third-order valence-corrected chi connectivity index (χ3v) is 7.53. The van der Waals surface area contributed by atoms with Gasteiger partial charge in [0.05, 0.1) is 18.0 Å². The summed E-state index contributed by atoms with van der Waals surface area (Å²) in [5.41, 5.74) is 4.85. The molecule has 12 heteroatoms. The van der Waals surface area contributed by atoms with Crippen molar-refractivity contribution in [2.24, 2.45) is 5.73 Å². The Kier molecular flexibility index (Phi) is 7.99. The lowest BCUT2D eigenvalue weighted by molar-refractivity contribution is -0.138. The number of ether oxygens (including phenoxy) is 1. The molecular weight excluding hydrogens is 521 g/mol. The monoisotopic (exact) mass is 542 g/mol. The molecule has 3 aromatic carbocycles. The highest BCUT2D eigenvalue weighted by molar-refractivity contribution is 7.89. The third kappa shape index (κ3) is 5.49. The number of hydrogen-bond donors (Lipinski definition) is 2. The zero-order valence-electron chi connectivity index (χ0n) is 18.6. The largest absolute Gasteiger partial charge is 0.480 e. The molecule has 0 aromatic heterocycles. The van der Waals surface area contributed by atoms with Crippen LogP contribution in [-0.2, 0) is 26.8 Å². The quantitative estimate of drug-likeness (QED) is 0.451. The Morgan fingerprint density at radius 3 is 2.31 bits per heavy atom. The van der Waals surface area contributed by atoms with Crippen LogP contribution in [0.15, 0.2) is 71.6 Å². The summed E-state index contributed by atoms with van der Waals surface area (Å²) in [5, 5.41) is 9.01. The van der Waals surface area contributed by atoms with Crippen LogP contribution in [0.3, 0.4) is 0 Å². The molecule has 0 radical (unpaired) electrons. The Labute approximate surface area is 211 Å². The molecular formula is C24H22ClF3N2O5S. The summed E-state index contributed by atoms with van der Waals surface area (Å²) in [6.45, 7) is -0.451.